The van der Waals surface area contributed by atoms with Crippen molar-refractivity contribution in [2.45, 2.75) is 51.8 Å². The van der Waals surface area contributed by atoms with Crippen LogP contribution in [-0.2, 0) is 0 Å². The van der Waals surface area contributed by atoms with E-state index in [1.54, 1.807) is 0 Å². The molecule has 0 bridgehead atoms. The van der Waals surface area contributed by atoms with Crippen LogP contribution in [0.3, 0.4) is 0 Å². The molecule has 2 aliphatic heterocycles. The highest BCUT2D eigenvalue weighted by Crippen LogP contribution is 2.45. The van der Waals surface area contributed by atoms with Crippen molar-refractivity contribution in [3.05, 3.63) is 0 Å². The molecular weight excluding hydrogens is 202 g/mol. The van der Waals surface area contributed by atoms with Crippen molar-refractivity contribution >= 4 is 11.8 Å². The van der Waals surface area contributed by atoms with Gasteiger partial charge in [0.15, 0.2) is 0 Å². The van der Waals surface area contributed by atoms with Gasteiger partial charge in [-0.3, -0.25) is 4.90 Å². The highest BCUT2D eigenvalue weighted by Gasteiger charge is 2.47. The highest BCUT2D eigenvalue weighted by molar-refractivity contribution is 8.00. The van der Waals surface area contributed by atoms with Crippen molar-refractivity contribution in [3.8, 4) is 0 Å². The predicted molar refractivity (Wildman–Crippen MR) is 69.5 cm³/mol. The first kappa shape index (κ1) is 11.8. The molecule has 2 heteroatoms. The number of nitrogens with zero attached hydrogens (tertiary/aromatic N) is 1. The van der Waals surface area contributed by atoms with E-state index in [1.165, 1.54) is 31.7 Å². The zero-order valence-corrected chi connectivity index (χ0v) is 11.4. The maximum Gasteiger partial charge on any atom is 0.0266 e. The molecule has 2 saturated heterocycles. The van der Waals surface area contributed by atoms with Crippen molar-refractivity contribution in [1.29, 1.82) is 0 Å². The Labute approximate surface area is 99.0 Å². The summed E-state index contributed by atoms with van der Waals surface area (Å²) in [5, 5.41) is 0.915. The van der Waals surface area contributed by atoms with Gasteiger partial charge in [0.1, 0.15) is 0 Å². The van der Waals surface area contributed by atoms with Crippen LogP contribution in [-0.4, -0.2) is 35.0 Å². The molecule has 88 valence electrons. The molecule has 15 heavy (non-hydrogen) atoms. The first-order chi connectivity index (χ1) is 7.04. The van der Waals surface area contributed by atoms with Gasteiger partial charge >= 0.3 is 0 Å². The summed E-state index contributed by atoms with van der Waals surface area (Å²) in [5.41, 5.74) is 0.444. The number of fused-ring (bicyclic) bond motifs is 1. The lowest BCUT2D eigenvalue weighted by atomic mass is 9.82. The molecule has 3 atom stereocenters. The first-order valence-corrected chi connectivity index (χ1v) is 7.44. The fraction of sp³-hybridized carbons (Fsp3) is 1.00. The third-order valence-electron chi connectivity index (χ3n) is 3.96. The second-order valence-electron chi connectivity index (χ2n) is 6.14. The lowest BCUT2D eigenvalue weighted by molar-refractivity contribution is 0.150. The summed E-state index contributed by atoms with van der Waals surface area (Å²) in [6, 6.07) is 0.804. The Hall–Kier alpha value is 0.310. The van der Waals surface area contributed by atoms with Crippen LogP contribution in [0.5, 0.6) is 0 Å². The van der Waals surface area contributed by atoms with Crippen molar-refractivity contribution in [3.63, 3.8) is 0 Å². The van der Waals surface area contributed by atoms with Crippen LogP contribution in [0.1, 0.15) is 40.5 Å². The van der Waals surface area contributed by atoms with E-state index < -0.39 is 0 Å². The zero-order valence-electron chi connectivity index (χ0n) is 10.6. The minimum Gasteiger partial charge on any atom is -0.299 e. The van der Waals surface area contributed by atoms with Crippen molar-refractivity contribution in [2.75, 3.05) is 18.8 Å². The molecule has 2 rings (SSSR count). The molecule has 2 fully saturated rings. The maximum atomic E-state index is 2.73. The van der Waals surface area contributed by atoms with E-state index in [2.05, 4.69) is 44.4 Å². The third kappa shape index (κ3) is 2.21. The van der Waals surface area contributed by atoms with Gasteiger partial charge in [-0.1, -0.05) is 27.7 Å². The van der Waals surface area contributed by atoms with Crippen molar-refractivity contribution < 1.29 is 0 Å². The Balaban J connectivity index is 2.17. The monoisotopic (exact) mass is 227 g/mol. The molecule has 0 aliphatic carbocycles. The fourth-order valence-electron chi connectivity index (χ4n) is 3.40. The minimum atomic E-state index is 0.444. The lowest BCUT2D eigenvalue weighted by Gasteiger charge is -2.39. The lowest BCUT2D eigenvalue weighted by Crippen LogP contribution is -2.44. The summed E-state index contributed by atoms with van der Waals surface area (Å²) < 4.78 is 0. The van der Waals surface area contributed by atoms with Crippen LogP contribution in [0.2, 0.25) is 0 Å². The van der Waals surface area contributed by atoms with E-state index in [0.29, 0.717) is 5.41 Å². The van der Waals surface area contributed by atoms with Gasteiger partial charge in [0.25, 0.3) is 0 Å². The van der Waals surface area contributed by atoms with Crippen LogP contribution in [0, 0.1) is 11.3 Å². The molecular formula is C13H25NS. The number of hydrogen-bond acceptors (Lipinski definition) is 2. The highest BCUT2D eigenvalue weighted by atomic mass is 32.2. The van der Waals surface area contributed by atoms with E-state index in [0.717, 1.165) is 17.2 Å². The number of thioether (sulfide) groups is 1. The molecule has 0 N–H and O–H groups in total. The van der Waals surface area contributed by atoms with Crippen molar-refractivity contribution in [1.82, 2.24) is 4.90 Å². The van der Waals surface area contributed by atoms with Gasteiger partial charge in [-0.05, 0) is 36.5 Å². The normalized spacial score (nSPS) is 38.0. The Morgan fingerprint density at radius 1 is 1.33 bits per heavy atom. The second kappa shape index (κ2) is 4.29. The SMILES string of the molecule is CCN1CC2CCCSC2C1C(C)(C)C. The van der Waals surface area contributed by atoms with Gasteiger partial charge in [0.05, 0.1) is 0 Å². The Bertz CT molecular complexity index is 221. The van der Waals surface area contributed by atoms with Crippen LogP contribution in [0.4, 0.5) is 0 Å². The van der Waals surface area contributed by atoms with E-state index >= 15 is 0 Å². The van der Waals surface area contributed by atoms with E-state index in [9.17, 15) is 0 Å². The zero-order chi connectivity index (χ0) is 11.1. The summed E-state index contributed by atoms with van der Waals surface area (Å²) in [7, 11) is 0. The van der Waals surface area contributed by atoms with Gasteiger partial charge < -0.3 is 0 Å². The average molecular weight is 227 g/mol. The van der Waals surface area contributed by atoms with E-state index in [-0.39, 0.29) is 0 Å². The minimum absolute atomic E-state index is 0.444. The molecule has 0 spiro atoms. The quantitative estimate of drug-likeness (QED) is 0.676. The molecule has 0 saturated carbocycles. The molecule has 2 heterocycles. The molecule has 0 aromatic heterocycles. The fourth-order valence-corrected chi connectivity index (χ4v) is 5.26. The smallest absolute Gasteiger partial charge is 0.0266 e. The maximum absolute atomic E-state index is 2.73. The molecule has 0 aromatic carbocycles. The topological polar surface area (TPSA) is 3.24 Å². The second-order valence-corrected chi connectivity index (χ2v) is 7.42. The predicted octanol–water partition coefficient (Wildman–Crippen LogP) is 3.25. The summed E-state index contributed by atoms with van der Waals surface area (Å²) in [6.45, 7) is 12.2. The summed E-state index contributed by atoms with van der Waals surface area (Å²) in [4.78, 5) is 2.73. The van der Waals surface area contributed by atoms with Crippen LogP contribution < -0.4 is 0 Å². The molecule has 1 nitrogen and oxygen atoms in total. The van der Waals surface area contributed by atoms with Gasteiger partial charge in [-0.2, -0.15) is 11.8 Å². The van der Waals surface area contributed by atoms with Gasteiger partial charge in [-0.25, -0.2) is 0 Å². The molecule has 2 aliphatic rings. The number of rotatable bonds is 1. The van der Waals surface area contributed by atoms with E-state index in [1.807, 2.05) is 0 Å². The van der Waals surface area contributed by atoms with Gasteiger partial charge in [0, 0.05) is 17.8 Å². The Morgan fingerprint density at radius 3 is 2.67 bits per heavy atom. The molecule has 0 aromatic rings. The van der Waals surface area contributed by atoms with Crippen LogP contribution in [0.25, 0.3) is 0 Å². The summed E-state index contributed by atoms with van der Waals surface area (Å²) in [5.74, 6) is 2.37. The standard InChI is InChI=1S/C13H25NS/c1-5-14-9-10-7-6-8-15-11(10)12(14)13(2,3)4/h10-12H,5-9H2,1-4H3. The van der Waals surface area contributed by atoms with Crippen molar-refractivity contribution in [2.24, 2.45) is 11.3 Å². The van der Waals surface area contributed by atoms with Gasteiger partial charge in [-0.15, -0.1) is 0 Å². The molecule has 0 amide bonds. The van der Waals surface area contributed by atoms with Gasteiger partial charge in [0.2, 0.25) is 0 Å². The Kier molecular flexibility index (Phi) is 3.37. The van der Waals surface area contributed by atoms with Crippen LogP contribution >= 0.6 is 11.8 Å². The van der Waals surface area contributed by atoms with E-state index in [4.69, 9.17) is 0 Å². The van der Waals surface area contributed by atoms with Crippen LogP contribution in [0.15, 0.2) is 0 Å². The largest absolute Gasteiger partial charge is 0.299 e. The molecule has 0 radical (unpaired) electrons. The molecule has 3 unspecified atom stereocenters. The average Bonchev–Trinajstić information content (AvgIpc) is 2.54. The number of likely N-dealkylation sites (tertiary alicyclic amines) is 1. The first-order valence-electron chi connectivity index (χ1n) is 6.39. The Morgan fingerprint density at radius 2 is 2.07 bits per heavy atom. The summed E-state index contributed by atoms with van der Waals surface area (Å²) >= 11 is 2.25. The third-order valence-corrected chi connectivity index (χ3v) is 5.51. The summed E-state index contributed by atoms with van der Waals surface area (Å²) in [6.07, 6.45) is 2.92. The number of hydrogen-bond donors (Lipinski definition) is 0.